The average Bonchev–Trinajstić information content (AvgIpc) is 3.32. The summed E-state index contributed by atoms with van der Waals surface area (Å²) in [5.41, 5.74) is 0.226. The fraction of sp³-hybridized carbons (Fsp3) is 0.702. The van der Waals surface area contributed by atoms with Gasteiger partial charge in [-0.1, -0.05) is 107 Å². The van der Waals surface area contributed by atoms with Gasteiger partial charge in [-0.05, 0) is 97.2 Å². The van der Waals surface area contributed by atoms with Gasteiger partial charge >= 0.3 is 12.1 Å². The van der Waals surface area contributed by atoms with Gasteiger partial charge in [0, 0.05) is 37.4 Å². The number of amides is 1. The molecule has 0 unspecified atom stereocenters. The maximum absolute atomic E-state index is 13.5. The highest BCUT2D eigenvalue weighted by Crippen LogP contribution is 2.53. The summed E-state index contributed by atoms with van der Waals surface area (Å²) < 4.78 is 25.7. The molecule has 3 aliphatic rings. The Hall–Kier alpha value is -2.76. The van der Waals surface area contributed by atoms with E-state index in [1.165, 1.54) is 0 Å². The SMILES string of the molecule is CO[C@H]1C[C@@H]2[C@@H](C=C[C@H](/C=C(C)/C=C/[C@@H](C)[C@@H](O[Si](C)(C)C(C)(C)C)[C@H](C)[C@@H]3OC(C)(C)N(C(=O)OC(C)(C)C)[C@@H]3C)[C@]2(C)/C=C/C(C)=C\C=C\C(=O)O)[C@@H](O)C1. The molecule has 57 heavy (non-hydrogen) atoms. The molecule has 0 spiro atoms. The van der Waals surface area contributed by atoms with E-state index < -0.39 is 31.7 Å². The number of nitrogens with zero attached hydrogens (tertiary/aromatic N) is 1. The number of hydrogen-bond donors (Lipinski definition) is 2. The number of carbonyl (C=O) groups excluding carboxylic acids is 1. The largest absolute Gasteiger partial charge is 0.478 e. The van der Waals surface area contributed by atoms with E-state index in [4.69, 9.17) is 23.7 Å². The first-order valence-corrected chi connectivity index (χ1v) is 23.9. The lowest BCUT2D eigenvalue weighted by Gasteiger charge is -2.51. The van der Waals surface area contributed by atoms with Gasteiger partial charge in [0.05, 0.1) is 30.5 Å². The minimum absolute atomic E-state index is 0.00798. The van der Waals surface area contributed by atoms with Crippen LogP contribution in [0.2, 0.25) is 18.1 Å². The van der Waals surface area contributed by atoms with Gasteiger partial charge in [-0.3, -0.25) is 4.90 Å². The molecule has 11 atom stereocenters. The number of carboxylic acid groups (broad SMARTS) is 1. The van der Waals surface area contributed by atoms with E-state index in [-0.39, 0.29) is 70.5 Å². The predicted octanol–water partition coefficient (Wildman–Crippen LogP) is 10.6. The third-order valence-electron chi connectivity index (χ3n) is 13.0. The van der Waals surface area contributed by atoms with Gasteiger partial charge in [0.15, 0.2) is 8.32 Å². The van der Waals surface area contributed by atoms with Gasteiger partial charge in [-0.25, -0.2) is 9.59 Å². The summed E-state index contributed by atoms with van der Waals surface area (Å²) >= 11 is 0. The van der Waals surface area contributed by atoms with Crippen LogP contribution in [0.4, 0.5) is 4.79 Å². The summed E-state index contributed by atoms with van der Waals surface area (Å²) in [5.74, 6) is -0.840. The Morgan fingerprint density at radius 2 is 1.61 bits per heavy atom. The van der Waals surface area contributed by atoms with Crippen molar-refractivity contribution in [1.29, 1.82) is 0 Å². The van der Waals surface area contributed by atoms with Crippen molar-refractivity contribution in [3.05, 3.63) is 71.9 Å². The van der Waals surface area contributed by atoms with Crippen LogP contribution < -0.4 is 0 Å². The number of methoxy groups -OCH3 is 1. The maximum Gasteiger partial charge on any atom is 0.412 e. The zero-order valence-corrected chi connectivity index (χ0v) is 39.3. The number of aliphatic carboxylic acids is 1. The highest BCUT2D eigenvalue weighted by molar-refractivity contribution is 6.74. The minimum Gasteiger partial charge on any atom is -0.478 e. The van der Waals surface area contributed by atoms with Gasteiger partial charge in [-0.2, -0.15) is 0 Å². The van der Waals surface area contributed by atoms with Gasteiger partial charge < -0.3 is 28.8 Å². The fourth-order valence-corrected chi connectivity index (χ4v) is 10.2. The van der Waals surface area contributed by atoms with E-state index in [9.17, 15) is 14.7 Å². The van der Waals surface area contributed by atoms with Crippen molar-refractivity contribution < 1.29 is 38.4 Å². The molecule has 2 aliphatic carbocycles. The molecule has 0 aromatic rings. The third-order valence-corrected chi connectivity index (χ3v) is 17.5. The molecule has 2 fully saturated rings. The molecule has 0 bridgehead atoms. The third kappa shape index (κ3) is 12.2. The van der Waals surface area contributed by atoms with Crippen molar-refractivity contribution in [2.45, 2.75) is 170 Å². The van der Waals surface area contributed by atoms with E-state index in [2.05, 4.69) is 111 Å². The van der Waals surface area contributed by atoms with Crippen LogP contribution in [0.3, 0.4) is 0 Å². The summed E-state index contributed by atoms with van der Waals surface area (Å²) in [4.78, 5) is 26.3. The Balaban J connectivity index is 2.01. The molecule has 1 saturated heterocycles. The lowest BCUT2D eigenvalue weighted by atomic mass is 9.55. The van der Waals surface area contributed by atoms with Crippen molar-refractivity contribution in [3.63, 3.8) is 0 Å². The van der Waals surface area contributed by atoms with Crippen LogP contribution >= 0.6 is 0 Å². The second kappa shape index (κ2) is 18.7. The first-order chi connectivity index (χ1) is 26.0. The van der Waals surface area contributed by atoms with E-state index in [1.807, 2.05) is 41.5 Å². The van der Waals surface area contributed by atoms with Gasteiger partial charge in [0.1, 0.15) is 11.3 Å². The predicted molar refractivity (Wildman–Crippen MR) is 233 cm³/mol. The summed E-state index contributed by atoms with van der Waals surface area (Å²) in [5, 5.41) is 20.3. The Morgan fingerprint density at radius 3 is 2.18 bits per heavy atom. The van der Waals surface area contributed by atoms with Crippen LogP contribution in [-0.4, -0.2) is 84.4 Å². The first-order valence-electron chi connectivity index (χ1n) is 21.0. The lowest BCUT2D eigenvalue weighted by Crippen LogP contribution is -2.51. The Labute approximate surface area is 346 Å². The van der Waals surface area contributed by atoms with Crippen LogP contribution in [0.15, 0.2) is 71.9 Å². The molecule has 322 valence electrons. The van der Waals surface area contributed by atoms with Crippen molar-refractivity contribution in [1.82, 2.24) is 4.90 Å². The maximum atomic E-state index is 13.5. The summed E-state index contributed by atoms with van der Waals surface area (Å²) in [6, 6.07) is -0.233. The monoisotopic (exact) mass is 812 g/mol. The molecular weight excluding hydrogens is 735 g/mol. The quantitative estimate of drug-likeness (QED) is 0.0818. The van der Waals surface area contributed by atoms with Crippen molar-refractivity contribution in [2.75, 3.05) is 7.11 Å². The molecule has 3 rings (SSSR count). The van der Waals surface area contributed by atoms with Crippen LogP contribution in [0.5, 0.6) is 0 Å². The highest BCUT2D eigenvalue weighted by atomic mass is 28.4. The second-order valence-electron chi connectivity index (χ2n) is 20.2. The highest BCUT2D eigenvalue weighted by Gasteiger charge is 2.54. The molecule has 1 aliphatic heterocycles. The molecule has 2 N–H and O–H groups in total. The normalized spacial score (nSPS) is 31.9. The number of carboxylic acids is 1. The second-order valence-corrected chi connectivity index (χ2v) is 25.0. The number of carbonyl (C=O) groups is 2. The van der Waals surface area contributed by atoms with Crippen LogP contribution in [0.25, 0.3) is 0 Å². The molecule has 1 heterocycles. The lowest BCUT2D eigenvalue weighted by molar-refractivity contribution is -0.131. The van der Waals surface area contributed by atoms with Gasteiger partial charge in [0.25, 0.3) is 0 Å². The molecule has 10 heteroatoms. The molecule has 1 saturated carbocycles. The average molecular weight is 812 g/mol. The van der Waals surface area contributed by atoms with Crippen molar-refractivity contribution in [3.8, 4) is 0 Å². The summed E-state index contributed by atoms with van der Waals surface area (Å²) in [6.07, 6.45) is 20.1. The zero-order chi connectivity index (χ0) is 43.5. The van der Waals surface area contributed by atoms with Crippen LogP contribution in [0, 0.1) is 35.0 Å². The van der Waals surface area contributed by atoms with E-state index in [0.29, 0.717) is 6.42 Å². The molecule has 0 radical (unpaired) electrons. The zero-order valence-electron chi connectivity index (χ0n) is 38.3. The van der Waals surface area contributed by atoms with E-state index in [1.54, 1.807) is 24.2 Å². The Kier molecular flexibility index (Phi) is 15.9. The number of ether oxygens (including phenoxy) is 3. The standard InChI is InChI=1S/C47H77NO8Si/c1-30(19-18-20-40(50)51)25-26-47(14)35(23-24-37-38(47)28-36(53-15)29-39(37)49)27-31(2)21-22-32(3)41(56-57(16,17)45(9,10)11)33(4)42-34(5)48(46(12,13)54-42)43(52)55-44(6,7)8/h18-27,32-39,41-42,49H,28-29H2,1-17H3,(H,50,51)/b20-18+,22-21+,26-25+,30-19-,31-27+/t32-,33+,34-,35-,36+,37-,38-,39+,41-,42+,47+/m1/s1. The summed E-state index contributed by atoms with van der Waals surface area (Å²) in [6.45, 7) is 33.7. The smallest absolute Gasteiger partial charge is 0.412 e. The molecule has 0 aromatic carbocycles. The fourth-order valence-electron chi connectivity index (χ4n) is 8.69. The Morgan fingerprint density at radius 1 is 0.982 bits per heavy atom. The molecule has 0 aromatic heterocycles. The number of hydrogen-bond acceptors (Lipinski definition) is 7. The van der Waals surface area contributed by atoms with Gasteiger partial charge in [-0.15, -0.1) is 0 Å². The van der Waals surface area contributed by atoms with Gasteiger partial charge in [0.2, 0.25) is 0 Å². The number of fused-ring (bicyclic) bond motifs is 1. The number of aliphatic hydroxyl groups excluding tert-OH is 1. The first kappa shape index (κ1) is 48.6. The number of aliphatic hydroxyl groups is 1. The number of rotatable bonds is 13. The topological polar surface area (TPSA) is 115 Å². The van der Waals surface area contributed by atoms with E-state index >= 15 is 0 Å². The molecule has 9 nitrogen and oxygen atoms in total. The van der Waals surface area contributed by atoms with Crippen LogP contribution in [0.1, 0.15) is 110 Å². The minimum atomic E-state index is -2.24. The van der Waals surface area contributed by atoms with E-state index in [0.717, 1.165) is 23.6 Å². The summed E-state index contributed by atoms with van der Waals surface area (Å²) in [7, 11) is -0.520. The number of allylic oxidation sites excluding steroid dienone is 9. The van der Waals surface area contributed by atoms with Crippen molar-refractivity contribution in [2.24, 2.45) is 35.0 Å². The Bertz CT molecular complexity index is 1590. The van der Waals surface area contributed by atoms with Crippen LogP contribution in [-0.2, 0) is 23.4 Å². The van der Waals surface area contributed by atoms with Crippen molar-refractivity contribution >= 4 is 20.4 Å². The molecular formula is C47H77NO8Si. The molecule has 1 amide bonds.